The zero-order valence-electron chi connectivity index (χ0n) is 12.8. The van der Waals surface area contributed by atoms with Gasteiger partial charge in [0.05, 0.1) is 0 Å². The molecule has 0 saturated heterocycles. The van der Waals surface area contributed by atoms with Crippen molar-refractivity contribution in [2.24, 2.45) is 0 Å². The van der Waals surface area contributed by atoms with Crippen LogP contribution in [0.25, 0.3) is 42.1 Å². The van der Waals surface area contributed by atoms with E-state index in [1.807, 2.05) is 23.5 Å². The van der Waals surface area contributed by atoms with E-state index in [9.17, 15) is 0 Å². The third-order valence-electron chi connectivity index (χ3n) is 4.52. The van der Waals surface area contributed by atoms with Crippen LogP contribution in [0.4, 0.5) is 0 Å². The van der Waals surface area contributed by atoms with E-state index in [0.29, 0.717) is 0 Å². The van der Waals surface area contributed by atoms with Crippen LogP contribution in [0.15, 0.2) is 78.9 Å². The summed E-state index contributed by atoms with van der Waals surface area (Å²) in [5.74, 6) is 0. The number of hydrogen-bond acceptors (Lipinski definition) is 1. The first-order valence-electron chi connectivity index (χ1n) is 7.90. The van der Waals surface area contributed by atoms with Gasteiger partial charge in [-0.25, -0.2) is 0 Å². The molecule has 0 fully saturated rings. The number of rotatable bonds is 1. The highest BCUT2D eigenvalue weighted by atomic mass is 35.5. The number of fused-ring (bicyclic) bond motifs is 4. The average Bonchev–Trinajstić information content (AvgIpc) is 3.00. The summed E-state index contributed by atoms with van der Waals surface area (Å²) >= 11 is 8.42. The van der Waals surface area contributed by atoms with E-state index < -0.39 is 0 Å². The van der Waals surface area contributed by atoms with Crippen molar-refractivity contribution in [1.82, 2.24) is 0 Å². The molecule has 0 bridgehead atoms. The summed E-state index contributed by atoms with van der Waals surface area (Å²) in [5, 5.41) is 5.77. The van der Waals surface area contributed by atoms with Crippen molar-refractivity contribution >= 4 is 53.9 Å². The van der Waals surface area contributed by atoms with Crippen LogP contribution in [-0.4, -0.2) is 0 Å². The van der Waals surface area contributed by atoms with Gasteiger partial charge in [0.2, 0.25) is 0 Å². The van der Waals surface area contributed by atoms with Gasteiger partial charge in [0.25, 0.3) is 0 Å². The van der Waals surface area contributed by atoms with E-state index in [1.165, 1.54) is 42.1 Å². The Hall–Kier alpha value is -2.35. The number of thiophene rings is 1. The fraction of sp³-hybridized carbons (Fsp3) is 0. The van der Waals surface area contributed by atoms with E-state index in [4.69, 9.17) is 11.6 Å². The van der Waals surface area contributed by atoms with Crippen LogP contribution in [0.2, 0.25) is 5.02 Å². The standard InChI is InChI=1S/C22H13ClS/c23-19-11-10-17(14-6-2-1-3-7-14)22-21(19)18-12-15-8-4-5-9-16(15)13-20(18)24-22/h1-13H. The van der Waals surface area contributed by atoms with E-state index in [1.54, 1.807) is 0 Å². The first-order valence-corrected chi connectivity index (χ1v) is 9.10. The lowest BCUT2D eigenvalue weighted by atomic mass is 10.0. The molecule has 5 rings (SSSR count). The maximum Gasteiger partial charge on any atom is 0.0499 e. The Morgan fingerprint density at radius 3 is 2.21 bits per heavy atom. The molecule has 0 amide bonds. The number of hydrogen-bond donors (Lipinski definition) is 0. The Morgan fingerprint density at radius 2 is 1.42 bits per heavy atom. The highest BCUT2D eigenvalue weighted by Gasteiger charge is 2.14. The van der Waals surface area contributed by atoms with Crippen molar-refractivity contribution in [3.8, 4) is 11.1 Å². The minimum Gasteiger partial charge on any atom is -0.134 e. The molecule has 0 aliphatic heterocycles. The van der Waals surface area contributed by atoms with Crippen LogP contribution in [-0.2, 0) is 0 Å². The van der Waals surface area contributed by atoms with Gasteiger partial charge in [-0.15, -0.1) is 11.3 Å². The molecule has 2 heteroatoms. The lowest BCUT2D eigenvalue weighted by molar-refractivity contribution is 1.67. The molecule has 0 saturated carbocycles. The van der Waals surface area contributed by atoms with Gasteiger partial charge in [-0.05, 0) is 40.1 Å². The van der Waals surface area contributed by atoms with Gasteiger partial charge in [-0.1, -0.05) is 72.3 Å². The molecular formula is C22H13ClS. The van der Waals surface area contributed by atoms with Crippen LogP contribution in [0.5, 0.6) is 0 Å². The number of halogens is 1. The van der Waals surface area contributed by atoms with Gasteiger partial charge in [0, 0.05) is 25.2 Å². The fourth-order valence-electron chi connectivity index (χ4n) is 3.37. The third-order valence-corrected chi connectivity index (χ3v) is 6.02. The molecule has 0 radical (unpaired) electrons. The van der Waals surface area contributed by atoms with Crippen molar-refractivity contribution in [1.29, 1.82) is 0 Å². The molecular weight excluding hydrogens is 332 g/mol. The molecule has 24 heavy (non-hydrogen) atoms. The summed E-state index contributed by atoms with van der Waals surface area (Å²) in [6, 6.07) is 27.7. The monoisotopic (exact) mass is 344 g/mol. The largest absolute Gasteiger partial charge is 0.134 e. The highest BCUT2D eigenvalue weighted by molar-refractivity contribution is 7.26. The van der Waals surface area contributed by atoms with Crippen molar-refractivity contribution in [2.45, 2.75) is 0 Å². The van der Waals surface area contributed by atoms with Crippen molar-refractivity contribution in [3.05, 3.63) is 83.9 Å². The second-order valence-corrected chi connectivity index (χ2v) is 7.42. The zero-order chi connectivity index (χ0) is 16.1. The second kappa shape index (κ2) is 5.34. The van der Waals surface area contributed by atoms with Crippen LogP contribution in [0.1, 0.15) is 0 Å². The molecule has 0 atom stereocenters. The van der Waals surface area contributed by atoms with E-state index in [0.717, 1.165) is 5.02 Å². The van der Waals surface area contributed by atoms with Gasteiger partial charge in [0.1, 0.15) is 0 Å². The Kier molecular flexibility index (Phi) is 3.12. The van der Waals surface area contributed by atoms with E-state index >= 15 is 0 Å². The molecule has 0 unspecified atom stereocenters. The predicted octanol–water partition coefficient (Wildman–Crippen LogP) is 7.53. The lowest BCUT2D eigenvalue weighted by Gasteiger charge is -2.05. The van der Waals surface area contributed by atoms with Crippen LogP contribution < -0.4 is 0 Å². The average molecular weight is 345 g/mol. The predicted molar refractivity (Wildman–Crippen MR) is 107 cm³/mol. The van der Waals surface area contributed by atoms with Crippen LogP contribution in [0.3, 0.4) is 0 Å². The molecule has 0 nitrogen and oxygen atoms in total. The van der Waals surface area contributed by atoms with Gasteiger partial charge in [0.15, 0.2) is 0 Å². The van der Waals surface area contributed by atoms with Crippen molar-refractivity contribution < 1.29 is 0 Å². The molecule has 0 aliphatic carbocycles. The minimum atomic E-state index is 0.825. The van der Waals surface area contributed by atoms with E-state index in [-0.39, 0.29) is 0 Å². The Labute approximate surface area is 148 Å². The summed E-state index contributed by atoms with van der Waals surface area (Å²) < 4.78 is 2.55. The molecule has 1 aromatic heterocycles. The smallest absolute Gasteiger partial charge is 0.0499 e. The summed E-state index contributed by atoms with van der Waals surface area (Å²) in [6.45, 7) is 0. The van der Waals surface area contributed by atoms with Gasteiger partial charge < -0.3 is 0 Å². The fourth-order valence-corrected chi connectivity index (χ4v) is 4.98. The lowest BCUT2D eigenvalue weighted by Crippen LogP contribution is -1.78. The number of benzene rings is 4. The maximum absolute atomic E-state index is 6.59. The first-order chi connectivity index (χ1) is 11.8. The van der Waals surface area contributed by atoms with Crippen LogP contribution >= 0.6 is 22.9 Å². The van der Waals surface area contributed by atoms with Crippen molar-refractivity contribution in [3.63, 3.8) is 0 Å². The van der Waals surface area contributed by atoms with Gasteiger partial charge >= 0.3 is 0 Å². The maximum atomic E-state index is 6.59. The second-order valence-electron chi connectivity index (χ2n) is 5.96. The Balaban J connectivity index is 1.94. The molecule has 0 spiro atoms. The third kappa shape index (κ3) is 2.06. The molecule has 1 heterocycles. The Bertz CT molecular complexity index is 1200. The summed E-state index contributed by atoms with van der Waals surface area (Å²) in [6.07, 6.45) is 0. The van der Waals surface area contributed by atoms with Crippen molar-refractivity contribution in [2.75, 3.05) is 0 Å². The molecule has 0 aliphatic rings. The molecule has 5 aromatic rings. The molecule has 4 aromatic carbocycles. The quantitative estimate of drug-likeness (QED) is 0.295. The highest BCUT2D eigenvalue weighted by Crippen LogP contribution is 2.44. The summed E-state index contributed by atoms with van der Waals surface area (Å²) in [4.78, 5) is 0. The molecule has 114 valence electrons. The zero-order valence-corrected chi connectivity index (χ0v) is 14.4. The minimum absolute atomic E-state index is 0.825. The molecule has 0 N–H and O–H groups in total. The SMILES string of the molecule is Clc1ccc(-c2ccccc2)c2sc3cc4ccccc4cc3c12. The van der Waals surface area contributed by atoms with Gasteiger partial charge in [-0.2, -0.15) is 0 Å². The first kappa shape index (κ1) is 14.0. The normalized spacial score (nSPS) is 11.5. The topological polar surface area (TPSA) is 0 Å². The van der Waals surface area contributed by atoms with E-state index in [2.05, 4.69) is 66.7 Å². The summed E-state index contributed by atoms with van der Waals surface area (Å²) in [7, 11) is 0. The summed E-state index contributed by atoms with van der Waals surface area (Å²) in [5.41, 5.74) is 2.48. The van der Waals surface area contributed by atoms with Gasteiger partial charge in [-0.3, -0.25) is 0 Å². The van der Waals surface area contributed by atoms with Crippen LogP contribution in [0, 0.1) is 0 Å². The Morgan fingerprint density at radius 1 is 0.708 bits per heavy atom.